The highest BCUT2D eigenvalue weighted by atomic mass is 32.1. The molecule has 1 aromatic heterocycles. The van der Waals surface area contributed by atoms with E-state index in [-0.39, 0.29) is 24.0 Å². The number of aliphatic hydroxyl groups is 2. The number of carbonyl (C=O) groups is 3. The summed E-state index contributed by atoms with van der Waals surface area (Å²) in [6.45, 7) is 11.3. The molecule has 2 N–H and O–H groups in total. The molecule has 5 atom stereocenters. The van der Waals surface area contributed by atoms with E-state index in [2.05, 4.69) is 4.98 Å². The smallest absolute Gasteiger partial charge is 0.309 e. The highest BCUT2D eigenvalue weighted by Gasteiger charge is 2.42. The Kier molecular flexibility index (Phi) is 11.4. The van der Waals surface area contributed by atoms with Crippen LogP contribution in [0.5, 0.6) is 0 Å². The second-order valence-corrected chi connectivity index (χ2v) is 12.9. The number of esters is 1. The predicted octanol–water partition coefficient (Wildman–Crippen LogP) is 5.07. The fraction of sp³-hybridized carbons (Fsp3) is 0.562. The lowest BCUT2D eigenvalue weighted by atomic mass is 9.73. The molecule has 224 valence electrons. The first-order valence-electron chi connectivity index (χ1n) is 14.4. The molecule has 0 unspecified atom stereocenters. The fourth-order valence-electron chi connectivity index (χ4n) is 5.30. The molecule has 2 heterocycles. The van der Waals surface area contributed by atoms with Crippen LogP contribution in [-0.2, 0) is 14.3 Å². The van der Waals surface area contributed by atoms with Gasteiger partial charge >= 0.3 is 5.97 Å². The van der Waals surface area contributed by atoms with E-state index in [1.165, 1.54) is 11.3 Å². The molecule has 8 nitrogen and oxygen atoms in total. The zero-order valence-corrected chi connectivity index (χ0v) is 25.8. The summed E-state index contributed by atoms with van der Waals surface area (Å²) >= 11 is 1.52. The summed E-state index contributed by atoms with van der Waals surface area (Å²) in [7, 11) is 0. The lowest BCUT2D eigenvalue weighted by Gasteiger charge is -2.35. The van der Waals surface area contributed by atoms with Gasteiger partial charge < -0.3 is 19.8 Å². The average Bonchev–Trinajstić information content (AvgIpc) is 3.36. The number of aromatic nitrogens is 1. The number of ketones is 1. The van der Waals surface area contributed by atoms with Crippen LogP contribution in [0.4, 0.5) is 0 Å². The van der Waals surface area contributed by atoms with Gasteiger partial charge in [-0.15, -0.1) is 11.3 Å². The standard InChI is InChI=1S/C32H44N2O6S/c1-20-11-10-15-34(31(39)24-12-8-7-9-13-24)16-14-26(21(2)17-25-19-41-23(4)33-25)40-28(36)18-27(35)32(5,6)30(38)22(3)29(20)37/h7-9,12-13,17,19-20,22,26-27,29,35,37H,10-11,14-16,18H2,1-6H3/b21-17+/t20-,22+,26-,27-,29-/m0/s1. The number of thiazole rings is 1. The number of cyclic esters (lactones) is 1. The van der Waals surface area contributed by atoms with E-state index < -0.39 is 35.6 Å². The van der Waals surface area contributed by atoms with Crippen LogP contribution in [0.3, 0.4) is 0 Å². The van der Waals surface area contributed by atoms with Crippen molar-refractivity contribution >= 4 is 35.1 Å². The number of rotatable bonds is 3. The number of hydrogen-bond donors (Lipinski definition) is 2. The first-order chi connectivity index (χ1) is 19.3. The van der Waals surface area contributed by atoms with Crippen molar-refractivity contribution in [3.05, 3.63) is 57.6 Å². The third-order valence-electron chi connectivity index (χ3n) is 8.19. The minimum Gasteiger partial charge on any atom is -0.458 e. The van der Waals surface area contributed by atoms with Gasteiger partial charge in [0.2, 0.25) is 0 Å². The Bertz CT molecular complexity index is 1220. The monoisotopic (exact) mass is 584 g/mol. The van der Waals surface area contributed by atoms with Gasteiger partial charge in [-0.3, -0.25) is 14.4 Å². The Hall–Kier alpha value is -2.88. The van der Waals surface area contributed by atoms with Crippen molar-refractivity contribution in [2.24, 2.45) is 17.3 Å². The molecule has 0 saturated carbocycles. The number of nitrogens with zero attached hydrogens (tertiary/aromatic N) is 2. The van der Waals surface area contributed by atoms with Crippen LogP contribution in [-0.4, -0.2) is 69.2 Å². The molecule has 9 heteroatoms. The van der Waals surface area contributed by atoms with Crippen LogP contribution < -0.4 is 0 Å². The summed E-state index contributed by atoms with van der Waals surface area (Å²) in [6, 6.07) is 9.05. The maximum absolute atomic E-state index is 13.5. The number of ether oxygens (including phenoxy) is 1. The Balaban J connectivity index is 1.94. The molecule has 1 aromatic carbocycles. The number of carbonyl (C=O) groups excluding carboxylic acids is 3. The Morgan fingerprint density at radius 2 is 1.80 bits per heavy atom. The summed E-state index contributed by atoms with van der Waals surface area (Å²) in [5, 5.41) is 24.8. The summed E-state index contributed by atoms with van der Waals surface area (Å²) < 4.78 is 5.90. The van der Waals surface area contributed by atoms with Crippen LogP contribution >= 0.6 is 11.3 Å². The van der Waals surface area contributed by atoms with Crippen LogP contribution in [0.1, 0.15) is 81.4 Å². The van der Waals surface area contributed by atoms with Gasteiger partial charge in [-0.05, 0) is 56.4 Å². The Labute approximate surface area is 247 Å². The minimum absolute atomic E-state index is 0.123. The number of hydrogen-bond acceptors (Lipinski definition) is 8. The van der Waals surface area contributed by atoms with Gasteiger partial charge in [0.15, 0.2) is 0 Å². The highest BCUT2D eigenvalue weighted by molar-refractivity contribution is 7.09. The van der Waals surface area contributed by atoms with Crippen molar-refractivity contribution in [3.63, 3.8) is 0 Å². The van der Waals surface area contributed by atoms with Crippen LogP contribution in [0.15, 0.2) is 41.3 Å². The molecule has 3 rings (SSSR count). The van der Waals surface area contributed by atoms with Crippen LogP contribution in [0, 0.1) is 24.2 Å². The lowest BCUT2D eigenvalue weighted by Crippen LogP contribution is -2.46. The number of aliphatic hydroxyl groups excluding tert-OH is 2. The molecule has 1 fully saturated rings. The highest BCUT2D eigenvalue weighted by Crippen LogP contribution is 2.32. The normalized spacial score (nSPS) is 27.4. The Morgan fingerprint density at radius 1 is 1.12 bits per heavy atom. The van der Waals surface area contributed by atoms with Gasteiger partial charge in [0, 0.05) is 36.4 Å². The molecule has 1 aliphatic rings. The largest absolute Gasteiger partial charge is 0.458 e. The van der Waals surface area contributed by atoms with Gasteiger partial charge in [0.25, 0.3) is 5.91 Å². The summed E-state index contributed by atoms with van der Waals surface area (Å²) in [4.78, 5) is 46.2. The van der Waals surface area contributed by atoms with E-state index in [0.29, 0.717) is 37.9 Å². The van der Waals surface area contributed by atoms with Gasteiger partial charge in [0.05, 0.1) is 34.7 Å². The van der Waals surface area contributed by atoms with Crippen molar-refractivity contribution in [1.82, 2.24) is 9.88 Å². The van der Waals surface area contributed by atoms with Crippen molar-refractivity contribution < 1.29 is 29.3 Å². The molecular formula is C32H44N2O6S. The zero-order valence-electron chi connectivity index (χ0n) is 25.0. The molecule has 1 aliphatic heterocycles. The predicted molar refractivity (Wildman–Crippen MR) is 160 cm³/mol. The maximum atomic E-state index is 13.5. The number of amides is 1. The summed E-state index contributed by atoms with van der Waals surface area (Å²) in [5.41, 5.74) is 0.845. The molecule has 1 amide bonds. The van der Waals surface area contributed by atoms with E-state index in [0.717, 1.165) is 16.3 Å². The summed E-state index contributed by atoms with van der Waals surface area (Å²) in [6.07, 6.45) is 0.224. The van der Waals surface area contributed by atoms with Crippen molar-refractivity contribution in [1.29, 1.82) is 0 Å². The molecule has 1 saturated heterocycles. The fourth-order valence-corrected chi connectivity index (χ4v) is 5.87. The third kappa shape index (κ3) is 8.56. The zero-order chi connectivity index (χ0) is 30.3. The van der Waals surface area contributed by atoms with Gasteiger partial charge in [-0.2, -0.15) is 0 Å². The number of Topliss-reactive ketones (excluding diaryl/α,β-unsaturated/α-hetero) is 1. The van der Waals surface area contributed by atoms with Crippen LogP contribution in [0.25, 0.3) is 6.08 Å². The Morgan fingerprint density at radius 3 is 2.44 bits per heavy atom. The number of benzene rings is 1. The number of aryl methyl sites for hydroxylation is 1. The third-order valence-corrected chi connectivity index (χ3v) is 8.98. The van der Waals surface area contributed by atoms with E-state index in [4.69, 9.17) is 4.74 Å². The second-order valence-electron chi connectivity index (χ2n) is 11.8. The minimum atomic E-state index is -1.29. The molecule has 0 spiro atoms. The van der Waals surface area contributed by atoms with Gasteiger partial charge in [0.1, 0.15) is 11.9 Å². The lowest BCUT2D eigenvalue weighted by molar-refractivity contribution is -0.154. The van der Waals surface area contributed by atoms with E-state index in [9.17, 15) is 24.6 Å². The van der Waals surface area contributed by atoms with Gasteiger partial charge in [-0.25, -0.2) is 4.98 Å². The van der Waals surface area contributed by atoms with Gasteiger partial charge in [-0.1, -0.05) is 45.9 Å². The maximum Gasteiger partial charge on any atom is 0.309 e. The molecular weight excluding hydrogens is 540 g/mol. The van der Waals surface area contributed by atoms with Crippen molar-refractivity contribution in [3.8, 4) is 0 Å². The first-order valence-corrected chi connectivity index (χ1v) is 15.2. The molecule has 2 aromatic rings. The van der Waals surface area contributed by atoms with E-state index >= 15 is 0 Å². The second kappa shape index (κ2) is 14.3. The van der Waals surface area contributed by atoms with Crippen LogP contribution in [0.2, 0.25) is 0 Å². The topological polar surface area (TPSA) is 117 Å². The molecule has 0 aliphatic carbocycles. The van der Waals surface area contributed by atoms with Crippen molar-refractivity contribution in [2.45, 2.75) is 85.5 Å². The van der Waals surface area contributed by atoms with Crippen molar-refractivity contribution in [2.75, 3.05) is 13.1 Å². The molecule has 41 heavy (non-hydrogen) atoms. The van der Waals surface area contributed by atoms with E-state index in [1.807, 2.05) is 50.4 Å². The first kappa shape index (κ1) is 32.6. The SMILES string of the molecule is C/C(=C\c1csc(C)n1)[C@@H]1CCN(C(=O)c2ccccc2)CCC[C@H](C)[C@H](O)[C@@H](C)C(=O)C(C)(C)[C@@H](O)CC(=O)O1. The average molecular weight is 585 g/mol. The quantitative estimate of drug-likeness (QED) is 0.484. The molecule has 0 bridgehead atoms. The molecule has 0 radical (unpaired) electrons. The summed E-state index contributed by atoms with van der Waals surface area (Å²) in [5.74, 6) is -2.01. The van der Waals surface area contributed by atoms with E-state index in [1.54, 1.807) is 37.8 Å².